The minimum atomic E-state index is -0.626. The van der Waals surface area contributed by atoms with Gasteiger partial charge in [0.2, 0.25) is 0 Å². The van der Waals surface area contributed by atoms with Gasteiger partial charge in [0.25, 0.3) is 0 Å². The largest absolute Gasteiger partial charge is 0.481 e. The summed E-state index contributed by atoms with van der Waals surface area (Å²) >= 11 is 1.99. The lowest BCUT2D eigenvalue weighted by Crippen LogP contribution is -2.51. The first-order valence-electron chi connectivity index (χ1n) is 8.36. The van der Waals surface area contributed by atoms with Crippen molar-refractivity contribution in [1.29, 1.82) is 0 Å². The Morgan fingerprint density at radius 2 is 2.39 bits per heavy atom. The molecule has 0 bridgehead atoms. The summed E-state index contributed by atoms with van der Waals surface area (Å²) < 4.78 is 7.90. The maximum absolute atomic E-state index is 11.1. The summed E-state index contributed by atoms with van der Waals surface area (Å²) in [5.74, 6) is 1.40. The number of imidazole rings is 1. The van der Waals surface area contributed by atoms with Crippen molar-refractivity contribution in [3.05, 3.63) is 17.7 Å². The van der Waals surface area contributed by atoms with Crippen molar-refractivity contribution >= 4 is 17.7 Å². The third-order valence-corrected chi connectivity index (χ3v) is 6.91. The quantitative estimate of drug-likeness (QED) is 0.870. The molecule has 6 nitrogen and oxygen atoms in total. The number of fused-ring (bicyclic) bond motifs is 1. The molecular weight excluding hydrogens is 314 g/mol. The van der Waals surface area contributed by atoms with Crippen LogP contribution in [0.15, 0.2) is 6.20 Å². The molecule has 4 rings (SSSR count). The monoisotopic (exact) mass is 337 g/mol. The lowest BCUT2D eigenvalue weighted by molar-refractivity contribution is -0.145. The minimum Gasteiger partial charge on any atom is -0.481 e. The van der Waals surface area contributed by atoms with E-state index in [9.17, 15) is 4.79 Å². The fourth-order valence-corrected chi connectivity index (χ4v) is 5.84. The molecule has 1 spiro atoms. The fourth-order valence-electron chi connectivity index (χ4n) is 4.05. The van der Waals surface area contributed by atoms with Crippen LogP contribution in [-0.2, 0) is 29.2 Å². The zero-order valence-corrected chi connectivity index (χ0v) is 14.0. The fraction of sp³-hybridized carbons (Fsp3) is 0.750. The van der Waals surface area contributed by atoms with E-state index in [2.05, 4.69) is 14.9 Å². The van der Waals surface area contributed by atoms with Gasteiger partial charge < -0.3 is 19.7 Å². The van der Waals surface area contributed by atoms with E-state index in [-0.39, 0.29) is 10.7 Å². The zero-order chi connectivity index (χ0) is 15.9. The summed E-state index contributed by atoms with van der Waals surface area (Å²) in [5, 5.41) is 12.8. The molecule has 2 fully saturated rings. The topological polar surface area (TPSA) is 76.4 Å². The summed E-state index contributed by atoms with van der Waals surface area (Å²) in [6.07, 6.45) is 5.88. The number of hydrogen-bond donors (Lipinski definition) is 2. The SMILES string of the molecule is O=C(O)C1CC2(CC(NCc3cnc4n3CCOC4)CCS2)C1. The molecule has 0 radical (unpaired) electrons. The van der Waals surface area contributed by atoms with Gasteiger partial charge in [0.1, 0.15) is 12.4 Å². The number of rotatable bonds is 4. The molecule has 3 aliphatic rings. The first-order valence-corrected chi connectivity index (χ1v) is 9.35. The van der Waals surface area contributed by atoms with Gasteiger partial charge in [-0.1, -0.05) is 0 Å². The first kappa shape index (κ1) is 15.5. The molecule has 1 atom stereocenters. The van der Waals surface area contributed by atoms with Crippen LogP contribution in [0.25, 0.3) is 0 Å². The molecule has 23 heavy (non-hydrogen) atoms. The lowest BCUT2D eigenvalue weighted by Gasteiger charge is -2.50. The molecule has 1 saturated heterocycles. The minimum absolute atomic E-state index is 0.122. The number of hydrogen-bond acceptors (Lipinski definition) is 5. The summed E-state index contributed by atoms with van der Waals surface area (Å²) in [4.78, 5) is 15.5. The van der Waals surface area contributed by atoms with E-state index >= 15 is 0 Å². The highest BCUT2D eigenvalue weighted by atomic mass is 32.2. The number of aromatic nitrogens is 2. The van der Waals surface area contributed by atoms with Crippen molar-refractivity contribution in [3.63, 3.8) is 0 Å². The number of aliphatic carboxylic acids is 1. The molecular formula is C16H23N3O3S. The highest BCUT2D eigenvalue weighted by Crippen LogP contribution is 2.53. The number of carboxylic acids is 1. The van der Waals surface area contributed by atoms with Gasteiger partial charge >= 0.3 is 5.97 Å². The van der Waals surface area contributed by atoms with Crippen molar-refractivity contribution in [3.8, 4) is 0 Å². The van der Waals surface area contributed by atoms with E-state index in [1.54, 1.807) is 0 Å². The Morgan fingerprint density at radius 3 is 3.22 bits per heavy atom. The third-order valence-electron chi connectivity index (χ3n) is 5.36. The molecule has 1 aliphatic carbocycles. The van der Waals surface area contributed by atoms with Crippen LogP contribution in [0.4, 0.5) is 0 Å². The molecule has 3 heterocycles. The predicted octanol–water partition coefficient (Wildman–Crippen LogP) is 1.63. The summed E-state index contributed by atoms with van der Waals surface area (Å²) in [6, 6.07) is 0.483. The number of nitrogens with zero attached hydrogens (tertiary/aromatic N) is 2. The second-order valence-electron chi connectivity index (χ2n) is 6.92. The number of carbonyl (C=O) groups is 1. The second kappa shape index (κ2) is 6.11. The van der Waals surface area contributed by atoms with Crippen molar-refractivity contribution in [1.82, 2.24) is 14.9 Å². The van der Waals surface area contributed by atoms with Gasteiger partial charge in [-0.25, -0.2) is 4.98 Å². The van der Waals surface area contributed by atoms with Crippen LogP contribution in [0.3, 0.4) is 0 Å². The van der Waals surface area contributed by atoms with Crippen LogP contribution < -0.4 is 5.32 Å². The normalized spacial score (nSPS) is 33.2. The molecule has 1 saturated carbocycles. The number of thioether (sulfide) groups is 1. The molecule has 126 valence electrons. The Morgan fingerprint density at radius 1 is 1.52 bits per heavy atom. The van der Waals surface area contributed by atoms with Crippen LogP contribution in [0.2, 0.25) is 0 Å². The number of carboxylic acid groups (broad SMARTS) is 1. The molecule has 1 aromatic rings. The van der Waals surface area contributed by atoms with Crippen LogP contribution in [0.5, 0.6) is 0 Å². The number of nitrogens with one attached hydrogen (secondary N) is 1. The average Bonchev–Trinajstić information content (AvgIpc) is 2.94. The highest BCUT2D eigenvalue weighted by Gasteiger charge is 2.50. The molecule has 0 aromatic carbocycles. The molecule has 2 N–H and O–H groups in total. The van der Waals surface area contributed by atoms with Gasteiger partial charge in [-0.05, 0) is 31.4 Å². The van der Waals surface area contributed by atoms with Gasteiger partial charge in [0.05, 0.1) is 18.2 Å². The second-order valence-corrected chi connectivity index (χ2v) is 8.48. The Bertz CT molecular complexity index is 597. The molecule has 0 amide bonds. The van der Waals surface area contributed by atoms with Gasteiger partial charge in [-0.2, -0.15) is 11.8 Å². The summed E-state index contributed by atoms with van der Waals surface area (Å²) in [6.45, 7) is 3.09. The predicted molar refractivity (Wildman–Crippen MR) is 87.3 cm³/mol. The molecule has 7 heteroatoms. The molecule has 2 aliphatic heterocycles. The van der Waals surface area contributed by atoms with E-state index in [1.165, 1.54) is 5.69 Å². The van der Waals surface area contributed by atoms with Crippen LogP contribution in [-0.4, -0.2) is 43.8 Å². The van der Waals surface area contributed by atoms with Crippen molar-refractivity contribution in [2.24, 2.45) is 5.92 Å². The van der Waals surface area contributed by atoms with E-state index < -0.39 is 5.97 Å². The third kappa shape index (κ3) is 3.02. The molecule has 1 unspecified atom stereocenters. The van der Waals surface area contributed by atoms with Gasteiger partial charge in [-0.15, -0.1) is 0 Å². The average molecular weight is 337 g/mol. The van der Waals surface area contributed by atoms with Crippen LogP contribution in [0.1, 0.15) is 37.2 Å². The van der Waals surface area contributed by atoms with Crippen molar-refractivity contribution in [2.45, 2.75) is 56.2 Å². The van der Waals surface area contributed by atoms with Crippen LogP contribution >= 0.6 is 11.8 Å². The standard InChI is InChI=1S/C16H23N3O3S/c20-15(21)11-5-16(6-11)7-12(1-4-23-16)17-8-13-9-18-14-10-22-3-2-19(13)14/h9,11-12,17H,1-8,10H2,(H,20,21). The lowest BCUT2D eigenvalue weighted by atomic mass is 9.70. The van der Waals surface area contributed by atoms with Gasteiger partial charge in [0.15, 0.2) is 0 Å². The Hall–Kier alpha value is -1.05. The Labute approximate surface area is 140 Å². The van der Waals surface area contributed by atoms with Crippen molar-refractivity contribution < 1.29 is 14.6 Å². The van der Waals surface area contributed by atoms with E-state index in [0.29, 0.717) is 12.6 Å². The Balaban J connectivity index is 1.33. The van der Waals surface area contributed by atoms with Gasteiger partial charge in [-0.3, -0.25) is 4.79 Å². The Kier molecular flexibility index (Phi) is 4.11. The van der Waals surface area contributed by atoms with Crippen molar-refractivity contribution in [2.75, 3.05) is 12.4 Å². The van der Waals surface area contributed by atoms with E-state index in [1.807, 2.05) is 18.0 Å². The number of ether oxygens (including phenoxy) is 1. The van der Waals surface area contributed by atoms with E-state index in [0.717, 1.165) is 57.0 Å². The smallest absolute Gasteiger partial charge is 0.306 e. The summed E-state index contributed by atoms with van der Waals surface area (Å²) in [5.41, 5.74) is 1.23. The zero-order valence-electron chi connectivity index (χ0n) is 13.2. The summed E-state index contributed by atoms with van der Waals surface area (Å²) in [7, 11) is 0. The van der Waals surface area contributed by atoms with E-state index in [4.69, 9.17) is 9.84 Å². The van der Waals surface area contributed by atoms with Gasteiger partial charge in [0, 0.05) is 30.1 Å². The van der Waals surface area contributed by atoms with Crippen LogP contribution in [0, 0.1) is 5.92 Å². The maximum Gasteiger partial charge on any atom is 0.306 e. The maximum atomic E-state index is 11.1. The highest BCUT2D eigenvalue weighted by molar-refractivity contribution is 8.00. The molecule has 1 aromatic heterocycles. The first-order chi connectivity index (χ1) is 11.2.